The third-order valence-corrected chi connectivity index (χ3v) is 4.92. The van der Waals surface area contributed by atoms with E-state index in [1.54, 1.807) is 42.3 Å². The SMILES string of the molecule is C=CC(=O)N(C)c1ccc(C(=O)N2CCc3ccc(F)cc3C2C)cc1. The van der Waals surface area contributed by atoms with E-state index in [1.807, 2.05) is 6.92 Å². The van der Waals surface area contributed by atoms with E-state index in [0.29, 0.717) is 24.2 Å². The largest absolute Gasteiger partial charge is 0.332 e. The molecule has 0 aliphatic carbocycles. The van der Waals surface area contributed by atoms with Crippen molar-refractivity contribution in [3.8, 4) is 0 Å². The van der Waals surface area contributed by atoms with Gasteiger partial charge in [-0.15, -0.1) is 0 Å². The lowest BCUT2D eigenvalue weighted by molar-refractivity contribution is -0.113. The minimum Gasteiger partial charge on any atom is -0.332 e. The van der Waals surface area contributed by atoms with E-state index in [4.69, 9.17) is 0 Å². The predicted octanol–water partition coefficient (Wildman–Crippen LogP) is 3.73. The fourth-order valence-electron chi connectivity index (χ4n) is 3.32. The van der Waals surface area contributed by atoms with Crippen LogP contribution in [0.4, 0.5) is 10.1 Å². The van der Waals surface area contributed by atoms with E-state index >= 15 is 0 Å². The van der Waals surface area contributed by atoms with Crippen LogP contribution in [-0.4, -0.2) is 30.3 Å². The van der Waals surface area contributed by atoms with Crippen molar-refractivity contribution in [3.63, 3.8) is 0 Å². The number of likely N-dealkylation sites (N-methyl/N-ethyl adjacent to an activating group) is 1. The van der Waals surface area contributed by atoms with E-state index < -0.39 is 0 Å². The van der Waals surface area contributed by atoms with Crippen LogP contribution in [0, 0.1) is 5.82 Å². The summed E-state index contributed by atoms with van der Waals surface area (Å²) in [6.07, 6.45) is 1.95. The maximum atomic E-state index is 13.6. The number of nitrogens with zero attached hydrogens (tertiary/aromatic N) is 2. The topological polar surface area (TPSA) is 40.6 Å². The van der Waals surface area contributed by atoms with Gasteiger partial charge < -0.3 is 9.80 Å². The Balaban J connectivity index is 1.81. The summed E-state index contributed by atoms with van der Waals surface area (Å²) in [5.74, 6) is -0.604. The normalized spacial score (nSPS) is 16.0. The Morgan fingerprint density at radius 3 is 2.58 bits per heavy atom. The lowest BCUT2D eigenvalue weighted by Crippen LogP contribution is -2.39. The standard InChI is InChI=1S/C21H21FN2O2/c1-4-20(25)23(3)18-9-6-16(7-10-18)21(26)24-12-11-15-5-8-17(22)13-19(15)14(24)2/h4-10,13-14H,1,11-12H2,2-3H3. The molecule has 1 unspecified atom stereocenters. The number of anilines is 1. The summed E-state index contributed by atoms with van der Waals surface area (Å²) < 4.78 is 13.6. The first-order valence-corrected chi connectivity index (χ1v) is 8.52. The molecule has 1 aliphatic heterocycles. The van der Waals surface area contributed by atoms with Gasteiger partial charge in [-0.05, 0) is 66.9 Å². The van der Waals surface area contributed by atoms with Crippen molar-refractivity contribution in [2.45, 2.75) is 19.4 Å². The Kier molecular flexibility index (Phi) is 4.89. The van der Waals surface area contributed by atoms with Gasteiger partial charge in [0.2, 0.25) is 5.91 Å². The van der Waals surface area contributed by atoms with E-state index in [9.17, 15) is 14.0 Å². The van der Waals surface area contributed by atoms with Gasteiger partial charge in [0.05, 0.1) is 6.04 Å². The summed E-state index contributed by atoms with van der Waals surface area (Å²) in [7, 11) is 1.65. The third kappa shape index (κ3) is 3.25. The molecule has 0 aromatic heterocycles. The second-order valence-electron chi connectivity index (χ2n) is 6.42. The zero-order valence-corrected chi connectivity index (χ0v) is 14.9. The fourth-order valence-corrected chi connectivity index (χ4v) is 3.32. The second-order valence-corrected chi connectivity index (χ2v) is 6.42. The van der Waals surface area contributed by atoms with Crippen LogP contribution in [0.15, 0.2) is 55.1 Å². The Hall–Kier alpha value is -2.95. The number of benzene rings is 2. The van der Waals surface area contributed by atoms with Crippen molar-refractivity contribution in [1.82, 2.24) is 4.90 Å². The van der Waals surface area contributed by atoms with Crippen LogP contribution in [-0.2, 0) is 11.2 Å². The number of rotatable bonds is 3. The average Bonchev–Trinajstić information content (AvgIpc) is 2.67. The van der Waals surface area contributed by atoms with E-state index in [0.717, 1.165) is 11.1 Å². The van der Waals surface area contributed by atoms with Crippen LogP contribution in [0.2, 0.25) is 0 Å². The Morgan fingerprint density at radius 1 is 1.23 bits per heavy atom. The van der Waals surface area contributed by atoms with Crippen molar-refractivity contribution < 1.29 is 14.0 Å². The van der Waals surface area contributed by atoms with Crippen molar-refractivity contribution in [2.24, 2.45) is 0 Å². The maximum Gasteiger partial charge on any atom is 0.254 e. The highest BCUT2D eigenvalue weighted by molar-refractivity contribution is 6.01. The van der Waals surface area contributed by atoms with E-state index in [-0.39, 0.29) is 23.7 Å². The lowest BCUT2D eigenvalue weighted by Gasteiger charge is -2.35. The minimum atomic E-state index is -0.288. The highest BCUT2D eigenvalue weighted by Gasteiger charge is 2.28. The molecule has 1 atom stereocenters. The molecule has 2 aromatic carbocycles. The van der Waals surface area contributed by atoms with Gasteiger partial charge in [0.15, 0.2) is 0 Å². The lowest BCUT2D eigenvalue weighted by atomic mass is 9.93. The maximum absolute atomic E-state index is 13.6. The highest BCUT2D eigenvalue weighted by Crippen LogP contribution is 2.31. The number of carbonyl (C=O) groups is 2. The summed E-state index contributed by atoms with van der Waals surface area (Å²) in [5, 5.41) is 0. The van der Waals surface area contributed by atoms with Gasteiger partial charge in [-0.2, -0.15) is 0 Å². The van der Waals surface area contributed by atoms with Crippen LogP contribution < -0.4 is 4.90 Å². The van der Waals surface area contributed by atoms with E-state index in [2.05, 4.69) is 6.58 Å². The molecule has 0 fully saturated rings. The molecule has 2 amide bonds. The Morgan fingerprint density at radius 2 is 1.92 bits per heavy atom. The van der Waals surface area contributed by atoms with Crippen molar-refractivity contribution >= 4 is 17.5 Å². The van der Waals surface area contributed by atoms with E-state index in [1.165, 1.54) is 23.1 Å². The van der Waals surface area contributed by atoms with Gasteiger partial charge in [0.1, 0.15) is 5.82 Å². The molecule has 134 valence electrons. The molecular formula is C21H21FN2O2. The number of amides is 2. The molecule has 5 heteroatoms. The molecule has 0 saturated heterocycles. The number of fused-ring (bicyclic) bond motifs is 1. The molecule has 4 nitrogen and oxygen atoms in total. The molecule has 0 saturated carbocycles. The Labute approximate surface area is 152 Å². The third-order valence-electron chi connectivity index (χ3n) is 4.92. The summed E-state index contributed by atoms with van der Waals surface area (Å²) >= 11 is 0. The summed E-state index contributed by atoms with van der Waals surface area (Å²) in [6, 6.07) is 11.5. The molecule has 0 N–H and O–H groups in total. The molecule has 0 radical (unpaired) electrons. The van der Waals surface area contributed by atoms with Gasteiger partial charge in [0, 0.05) is 24.8 Å². The van der Waals surface area contributed by atoms with Crippen LogP contribution in [0.3, 0.4) is 0 Å². The molecular weight excluding hydrogens is 331 g/mol. The fraction of sp³-hybridized carbons (Fsp3) is 0.238. The summed E-state index contributed by atoms with van der Waals surface area (Å²) in [4.78, 5) is 27.8. The highest BCUT2D eigenvalue weighted by atomic mass is 19.1. The van der Waals surface area contributed by atoms with Crippen LogP contribution >= 0.6 is 0 Å². The zero-order valence-electron chi connectivity index (χ0n) is 14.9. The minimum absolute atomic E-state index is 0.100. The number of hydrogen-bond acceptors (Lipinski definition) is 2. The summed E-state index contributed by atoms with van der Waals surface area (Å²) in [6.45, 7) is 5.98. The van der Waals surface area contributed by atoms with Crippen molar-refractivity contribution in [3.05, 3.63) is 77.6 Å². The quantitative estimate of drug-likeness (QED) is 0.790. The molecule has 1 heterocycles. The first-order chi connectivity index (χ1) is 12.4. The van der Waals surface area contributed by atoms with Gasteiger partial charge in [0.25, 0.3) is 5.91 Å². The molecule has 3 rings (SSSR count). The summed E-state index contributed by atoms with van der Waals surface area (Å²) in [5.41, 5.74) is 3.17. The van der Waals surface area contributed by atoms with Gasteiger partial charge >= 0.3 is 0 Å². The monoisotopic (exact) mass is 352 g/mol. The van der Waals surface area contributed by atoms with Crippen molar-refractivity contribution in [1.29, 1.82) is 0 Å². The molecule has 26 heavy (non-hydrogen) atoms. The Bertz CT molecular complexity index is 861. The van der Waals surface area contributed by atoms with Gasteiger partial charge in [-0.3, -0.25) is 9.59 Å². The molecule has 0 spiro atoms. The molecule has 1 aliphatic rings. The number of halogens is 1. The molecule has 0 bridgehead atoms. The predicted molar refractivity (Wildman–Crippen MR) is 99.6 cm³/mol. The van der Waals surface area contributed by atoms with Gasteiger partial charge in [-0.1, -0.05) is 12.6 Å². The van der Waals surface area contributed by atoms with Crippen LogP contribution in [0.25, 0.3) is 0 Å². The number of hydrogen-bond donors (Lipinski definition) is 0. The van der Waals surface area contributed by atoms with Crippen LogP contribution in [0.1, 0.15) is 34.5 Å². The first kappa shape index (κ1) is 17.9. The average molecular weight is 352 g/mol. The first-order valence-electron chi connectivity index (χ1n) is 8.52. The smallest absolute Gasteiger partial charge is 0.254 e. The zero-order chi connectivity index (χ0) is 18.8. The van der Waals surface area contributed by atoms with Crippen molar-refractivity contribution in [2.75, 3.05) is 18.5 Å². The second kappa shape index (κ2) is 7.12. The number of carbonyl (C=O) groups excluding carboxylic acids is 2. The van der Waals surface area contributed by atoms with Gasteiger partial charge in [-0.25, -0.2) is 4.39 Å². The molecule has 2 aromatic rings. The van der Waals surface area contributed by atoms with Crippen LogP contribution in [0.5, 0.6) is 0 Å².